The summed E-state index contributed by atoms with van der Waals surface area (Å²) in [6, 6.07) is 12.4. The van der Waals surface area contributed by atoms with Crippen molar-refractivity contribution in [3.8, 4) is 0 Å². The lowest BCUT2D eigenvalue weighted by molar-refractivity contribution is -0.132. The minimum atomic E-state index is -0.757. The summed E-state index contributed by atoms with van der Waals surface area (Å²) in [5, 5.41) is 5.04. The third-order valence-electron chi connectivity index (χ3n) is 2.94. The summed E-state index contributed by atoms with van der Waals surface area (Å²) in [6.07, 6.45) is 0. The van der Waals surface area contributed by atoms with Gasteiger partial charge in [-0.25, -0.2) is 0 Å². The molecule has 2 aromatic rings. The molecule has 0 saturated carbocycles. The van der Waals surface area contributed by atoms with Gasteiger partial charge in [0.1, 0.15) is 0 Å². The lowest BCUT2D eigenvalue weighted by atomic mass is 10.2. The summed E-state index contributed by atoms with van der Waals surface area (Å²) in [5.74, 6) is -1.49. The van der Waals surface area contributed by atoms with Crippen LogP contribution in [0.3, 0.4) is 0 Å². The summed E-state index contributed by atoms with van der Waals surface area (Å²) in [4.78, 5) is 23.7. The molecule has 0 bridgehead atoms. The first-order valence-electron chi connectivity index (χ1n) is 6.51. The van der Waals surface area contributed by atoms with Gasteiger partial charge in [-0.3, -0.25) is 9.59 Å². The molecule has 2 rings (SSSR count). The van der Waals surface area contributed by atoms with E-state index in [-0.39, 0.29) is 0 Å². The number of anilines is 3. The van der Waals surface area contributed by atoms with E-state index in [1.54, 1.807) is 30.3 Å². The fourth-order valence-electron chi connectivity index (χ4n) is 1.89. The Morgan fingerprint density at radius 2 is 1.57 bits per heavy atom. The van der Waals surface area contributed by atoms with Gasteiger partial charge in [0.25, 0.3) is 0 Å². The second-order valence-corrected chi connectivity index (χ2v) is 4.87. The molecule has 2 amide bonds. The van der Waals surface area contributed by atoms with Crippen LogP contribution in [0.5, 0.6) is 0 Å². The number of hydrogen-bond acceptors (Lipinski definition) is 3. The fraction of sp³-hybridized carbons (Fsp3) is 0.125. The molecule has 5 nitrogen and oxygen atoms in total. The number of nitrogens with one attached hydrogen (secondary N) is 2. The van der Waals surface area contributed by atoms with E-state index in [0.29, 0.717) is 17.1 Å². The Balaban J connectivity index is 2.04. The van der Waals surface area contributed by atoms with Crippen LogP contribution in [-0.4, -0.2) is 11.8 Å². The third-order valence-corrected chi connectivity index (χ3v) is 2.94. The van der Waals surface area contributed by atoms with E-state index in [1.807, 2.05) is 26.0 Å². The van der Waals surface area contributed by atoms with Crippen molar-refractivity contribution in [3.05, 3.63) is 53.6 Å². The van der Waals surface area contributed by atoms with Crippen molar-refractivity contribution in [2.24, 2.45) is 0 Å². The van der Waals surface area contributed by atoms with Crippen LogP contribution in [-0.2, 0) is 9.59 Å². The molecule has 0 aliphatic rings. The summed E-state index contributed by atoms with van der Waals surface area (Å²) in [5.41, 5.74) is 9.19. The second-order valence-electron chi connectivity index (χ2n) is 4.87. The normalized spacial score (nSPS) is 10.0. The SMILES string of the molecule is Cc1cccc(NC(=O)C(=O)Nc2ccc(C)cc2N)c1. The molecule has 5 heteroatoms. The summed E-state index contributed by atoms with van der Waals surface area (Å²) < 4.78 is 0. The average molecular weight is 283 g/mol. The molecular formula is C16H17N3O2. The van der Waals surface area contributed by atoms with Crippen LogP contribution < -0.4 is 16.4 Å². The van der Waals surface area contributed by atoms with Crippen molar-refractivity contribution in [2.45, 2.75) is 13.8 Å². The Labute approximate surface area is 123 Å². The quantitative estimate of drug-likeness (QED) is 0.584. The van der Waals surface area contributed by atoms with Crippen molar-refractivity contribution >= 4 is 28.9 Å². The van der Waals surface area contributed by atoms with Crippen LogP contribution in [0.2, 0.25) is 0 Å². The second kappa shape index (κ2) is 6.09. The molecule has 0 spiro atoms. The molecule has 0 radical (unpaired) electrons. The number of carbonyl (C=O) groups is 2. The predicted octanol–water partition coefficient (Wildman–Crippen LogP) is 2.46. The first-order valence-corrected chi connectivity index (χ1v) is 6.51. The van der Waals surface area contributed by atoms with Gasteiger partial charge in [-0.05, 0) is 49.2 Å². The molecule has 21 heavy (non-hydrogen) atoms. The predicted molar refractivity (Wildman–Crippen MR) is 84.0 cm³/mol. The van der Waals surface area contributed by atoms with Gasteiger partial charge in [0.05, 0.1) is 11.4 Å². The highest BCUT2D eigenvalue weighted by atomic mass is 16.2. The molecule has 0 atom stereocenters. The van der Waals surface area contributed by atoms with Gasteiger partial charge in [0.15, 0.2) is 0 Å². The highest BCUT2D eigenvalue weighted by Gasteiger charge is 2.15. The average Bonchev–Trinajstić information content (AvgIpc) is 2.41. The lowest BCUT2D eigenvalue weighted by Gasteiger charge is -2.09. The monoisotopic (exact) mass is 283 g/mol. The van der Waals surface area contributed by atoms with Gasteiger partial charge in [-0.2, -0.15) is 0 Å². The molecule has 0 fully saturated rings. The van der Waals surface area contributed by atoms with E-state index >= 15 is 0 Å². The van der Waals surface area contributed by atoms with Crippen molar-refractivity contribution in [1.82, 2.24) is 0 Å². The third kappa shape index (κ3) is 3.82. The molecule has 0 aliphatic carbocycles. The molecule has 2 aromatic carbocycles. The number of hydrogen-bond donors (Lipinski definition) is 3. The van der Waals surface area contributed by atoms with Crippen LogP contribution >= 0.6 is 0 Å². The van der Waals surface area contributed by atoms with E-state index in [2.05, 4.69) is 10.6 Å². The largest absolute Gasteiger partial charge is 0.397 e. The Hall–Kier alpha value is -2.82. The molecule has 108 valence electrons. The van der Waals surface area contributed by atoms with E-state index in [0.717, 1.165) is 11.1 Å². The number of nitrogen functional groups attached to an aromatic ring is 1. The molecule has 0 heterocycles. The first kappa shape index (κ1) is 14.6. The Morgan fingerprint density at radius 3 is 2.24 bits per heavy atom. The minimum Gasteiger partial charge on any atom is -0.397 e. The Bertz CT molecular complexity index is 696. The van der Waals surface area contributed by atoms with E-state index in [4.69, 9.17) is 5.73 Å². The molecule has 0 aliphatic heterocycles. The zero-order chi connectivity index (χ0) is 15.4. The van der Waals surface area contributed by atoms with Crippen LogP contribution in [0.1, 0.15) is 11.1 Å². The van der Waals surface area contributed by atoms with Crippen LogP contribution in [0.15, 0.2) is 42.5 Å². The highest BCUT2D eigenvalue weighted by molar-refractivity contribution is 6.43. The zero-order valence-corrected chi connectivity index (χ0v) is 11.9. The van der Waals surface area contributed by atoms with Crippen LogP contribution in [0.25, 0.3) is 0 Å². The zero-order valence-electron chi connectivity index (χ0n) is 11.9. The van der Waals surface area contributed by atoms with Crippen molar-refractivity contribution < 1.29 is 9.59 Å². The van der Waals surface area contributed by atoms with Crippen LogP contribution in [0.4, 0.5) is 17.1 Å². The number of amides is 2. The highest BCUT2D eigenvalue weighted by Crippen LogP contribution is 2.19. The van der Waals surface area contributed by atoms with E-state index in [9.17, 15) is 9.59 Å². The smallest absolute Gasteiger partial charge is 0.314 e. The molecular weight excluding hydrogens is 266 g/mol. The Kier molecular flexibility index (Phi) is 4.23. The summed E-state index contributed by atoms with van der Waals surface area (Å²) >= 11 is 0. The maximum atomic E-state index is 11.9. The van der Waals surface area contributed by atoms with Gasteiger partial charge in [0.2, 0.25) is 0 Å². The number of aryl methyl sites for hydroxylation is 2. The van der Waals surface area contributed by atoms with E-state index < -0.39 is 11.8 Å². The van der Waals surface area contributed by atoms with Gasteiger partial charge in [0, 0.05) is 5.69 Å². The molecule has 0 saturated heterocycles. The maximum Gasteiger partial charge on any atom is 0.314 e. The number of nitrogens with two attached hydrogens (primary N) is 1. The number of carbonyl (C=O) groups excluding carboxylic acids is 2. The lowest BCUT2D eigenvalue weighted by Crippen LogP contribution is -2.29. The first-order chi connectivity index (χ1) is 9.95. The fourth-order valence-corrected chi connectivity index (χ4v) is 1.89. The van der Waals surface area contributed by atoms with Gasteiger partial charge < -0.3 is 16.4 Å². The van der Waals surface area contributed by atoms with E-state index in [1.165, 1.54) is 0 Å². The molecule has 0 aromatic heterocycles. The van der Waals surface area contributed by atoms with Gasteiger partial charge in [-0.1, -0.05) is 18.2 Å². The minimum absolute atomic E-state index is 0.421. The topological polar surface area (TPSA) is 84.2 Å². The van der Waals surface area contributed by atoms with Crippen molar-refractivity contribution in [3.63, 3.8) is 0 Å². The van der Waals surface area contributed by atoms with Gasteiger partial charge >= 0.3 is 11.8 Å². The standard InChI is InChI=1S/C16H17N3O2/c1-10-4-3-5-12(8-10)18-15(20)16(21)19-14-7-6-11(2)9-13(14)17/h3-9H,17H2,1-2H3,(H,18,20)(H,19,21). The Morgan fingerprint density at radius 1 is 0.905 bits per heavy atom. The van der Waals surface area contributed by atoms with Crippen LogP contribution in [0, 0.1) is 13.8 Å². The van der Waals surface area contributed by atoms with Crippen molar-refractivity contribution in [2.75, 3.05) is 16.4 Å². The molecule has 4 N–H and O–H groups in total. The number of rotatable bonds is 2. The summed E-state index contributed by atoms with van der Waals surface area (Å²) in [7, 11) is 0. The number of benzene rings is 2. The summed E-state index contributed by atoms with van der Waals surface area (Å²) in [6.45, 7) is 3.80. The van der Waals surface area contributed by atoms with Crippen molar-refractivity contribution in [1.29, 1.82) is 0 Å². The molecule has 0 unspecified atom stereocenters. The van der Waals surface area contributed by atoms with Gasteiger partial charge in [-0.15, -0.1) is 0 Å². The maximum absolute atomic E-state index is 11.9.